The first-order chi connectivity index (χ1) is 8.99. The lowest BCUT2D eigenvalue weighted by atomic mass is 10.2. The number of ether oxygens (including phenoxy) is 1. The van der Waals surface area contributed by atoms with Gasteiger partial charge in [-0.1, -0.05) is 0 Å². The smallest absolute Gasteiger partial charge is 0.255 e. The maximum Gasteiger partial charge on any atom is 0.255 e. The average Bonchev–Trinajstić information content (AvgIpc) is 2.36. The molecule has 1 amide bonds. The first-order valence-electron chi connectivity index (χ1n) is 5.51. The first kappa shape index (κ1) is 15.8. The summed E-state index contributed by atoms with van der Waals surface area (Å²) in [7, 11) is 1.48. The Balaban J connectivity index is 2.92. The van der Waals surface area contributed by atoms with Crippen molar-refractivity contribution in [3.8, 4) is 5.75 Å². The van der Waals surface area contributed by atoms with Crippen LogP contribution >= 0.6 is 15.9 Å². The van der Waals surface area contributed by atoms with Crippen LogP contribution in [0.25, 0.3) is 0 Å². The fourth-order valence-electron chi connectivity index (χ4n) is 1.55. The van der Waals surface area contributed by atoms with E-state index in [-0.39, 0.29) is 18.7 Å². The Morgan fingerprint density at radius 3 is 2.68 bits per heavy atom. The van der Waals surface area contributed by atoms with Crippen LogP contribution in [0.1, 0.15) is 10.4 Å². The quantitative estimate of drug-likeness (QED) is 0.865. The number of carbonyl (C=O) groups is 1. The molecule has 0 fully saturated rings. The minimum Gasteiger partial charge on any atom is -0.496 e. The summed E-state index contributed by atoms with van der Waals surface area (Å²) in [5.41, 5.74) is 0.252. The van der Waals surface area contributed by atoms with E-state index >= 15 is 0 Å². The van der Waals surface area contributed by atoms with E-state index in [4.69, 9.17) is 9.84 Å². The normalized spacial score (nSPS) is 10.6. The predicted molar refractivity (Wildman–Crippen MR) is 69.7 cm³/mol. The maximum absolute atomic E-state index is 12.4. The molecule has 0 spiro atoms. The molecule has 1 aromatic rings. The fourth-order valence-corrected chi connectivity index (χ4v) is 2.09. The van der Waals surface area contributed by atoms with Crippen LogP contribution in [0.5, 0.6) is 5.75 Å². The van der Waals surface area contributed by atoms with E-state index in [1.54, 1.807) is 6.07 Å². The zero-order valence-corrected chi connectivity index (χ0v) is 11.9. The number of carbonyl (C=O) groups excluding carboxylic acids is 1. The Bertz CT molecular complexity index is 443. The van der Waals surface area contributed by atoms with Gasteiger partial charge in [0.05, 0.1) is 24.7 Å². The van der Waals surface area contributed by atoms with Gasteiger partial charge in [0.15, 0.2) is 0 Å². The molecule has 0 heterocycles. The molecular weight excluding hydrogens is 324 g/mol. The molecule has 0 saturated carbocycles. The number of alkyl halides is 2. The summed E-state index contributed by atoms with van der Waals surface area (Å²) < 4.78 is 30.3. The number of nitrogens with zero attached hydrogens (tertiary/aromatic N) is 1. The largest absolute Gasteiger partial charge is 0.496 e. The fraction of sp³-hybridized carbons (Fsp3) is 0.417. The molecule has 0 aromatic heterocycles. The molecular formula is C12H14BrF2NO3. The maximum atomic E-state index is 12.4. The van der Waals surface area contributed by atoms with Gasteiger partial charge in [0.25, 0.3) is 12.3 Å². The molecule has 0 aliphatic heterocycles. The third-order valence-corrected chi connectivity index (χ3v) is 3.03. The summed E-state index contributed by atoms with van der Waals surface area (Å²) in [6.07, 6.45) is -2.64. The number of hydrogen-bond acceptors (Lipinski definition) is 3. The topological polar surface area (TPSA) is 49.8 Å². The van der Waals surface area contributed by atoms with E-state index in [1.807, 2.05) is 0 Å². The molecule has 1 N–H and O–H groups in total. The van der Waals surface area contributed by atoms with E-state index in [0.717, 1.165) is 4.90 Å². The van der Waals surface area contributed by atoms with Gasteiger partial charge in [0, 0.05) is 12.1 Å². The van der Waals surface area contributed by atoms with E-state index in [0.29, 0.717) is 10.2 Å². The van der Waals surface area contributed by atoms with Crippen molar-refractivity contribution >= 4 is 21.8 Å². The van der Waals surface area contributed by atoms with Crippen LogP contribution in [0.15, 0.2) is 22.7 Å². The molecule has 0 atom stereocenters. The number of hydrogen-bond donors (Lipinski definition) is 1. The van der Waals surface area contributed by atoms with E-state index in [9.17, 15) is 13.6 Å². The lowest BCUT2D eigenvalue weighted by Gasteiger charge is -2.21. The second-order valence-corrected chi connectivity index (χ2v) is 4.57. The molecule has 0 unspecified atom stereocenters. The molecule has 1 rings (SSSR count). The van der Waals surface area contributed by atoms with Crippen LogP contribution in [0.3, 0.4) is 0 Å². The van der Waals surface area contributed by atoms with Crippen LogP contribution in [0, 0.1) is 0 Å². The van der Waals surface area contributed by atoms with Crippen molar-refractivity contribution < 1.29 is 23.4 Å². The van der Waals surface area contributed by atoms with Gasteiger partial charge in [-0.3, -0.25) is 4.79 Å². The third-order valence-electron chi connectivity index (χ3n) is 2.41. The first-order valence-corrected chi connectivity index (χ1v) is 6.30. The number of rotatable bonds is 6. The average molecular weight is 338 g/mol. The number of halogens is 3. The van der Waals surface area contributed by atoms with Gasteiger partial charge in [-0.2, -0.15) is 0 Å². The highest BCUT2D eigenvalue weighted by Gasteiger charge is 2.20. The van der Waals surface area contributed by atoms with Crippen molar-refractivity contribution in [2.75, 3.05) is 26.8 Å². The Hall–Kier alpha value is -1.21. The Kier molecular flexibility index (Phi) is 6.17. The lowest BCUT2D eigenvalue weighted by molar-refractivity contribution is 0.0509. The third kappa shape index (κ3) is 4.43. The zero-order chi connectivity index (χ0) is 14.4. The van der Waals surface area contributed by atoms with Gasteiger partial charge in [-0.15, -0.1) is 0 Å². The summed E-state index contributed by atoms with van der Waals surface area (Å²) in [6.45, 7) is -1.20. The minimum absolute atomic E-state index is 0.132. The number of benzene rings is 1. The molecule has 4 nitrogen and oxygen atoms in total. The summed E-state index contributed by atoms with van der Waals surface area (Å²) in [5.74, 6) is -0.0168. The van der Waals surface area contributed by atoms with Crippen molar-refractivity contribution in [3.05, 3.63) is 28.2 Å². The molecule has 0 aliphatic carbocycles. The zero-order valence-electron chi connectivity index (χ0n) is 10.3. The van der Waals surface area contributed by atoms with E-state index < -0.39 is 18.9 Å². The van der Waals surface area contributed by atoms with Crippen LogP contribution in [-0.4, -0.2) is 49.1 Å². The molecule has 0 bridgehead atoms. The van der Waals surface area contributed by atoms with Crippen LogP contribution < -0.4 is 4.74 Å². The van der Waals surface area contributed by atoms with Crippen LogP contribution in [0.2, 0.25) is 0 Å². The highest BCUT2D eigenvalue weighted by molar-refractivity contribution is 9.10. The number of aliphatic hydroxyl groups is 1. The van der Waals surface area contributed by atoms with Gasteiger partial charge >= 0.3 is 0 Å². The second-order valence-electron chi connectivity index (χ2n) is 3.72. The summed E-state index contributed by atoms with van der Waals surface area (Å²) in [5, 5.41) is 8.81. The highest BCUT2D eigenvalue weighted by atomic mass is 79.9. The molecule has 0 saturated heterocycles. The van der Waals surface area contributed by atoms with E-state index in [2.05, 4.69) is 15.9 Å². The van der Waals surface area contributed by atoms with Gasteiger partial charge < -0.3 is 14.7 Å². The van der Waals surface area contributed by atoms with E-state index in [1.165, 1.54) is 19.2 Å². The van der Waals surface area contributed by atoms with Crippen molar-refractivity contribution in [3.63, 3.8) is 0 Å². The molecule has 19 heavy (non-hydrogen) atoms. The summed E-state index contributed by atoms with van der Waals surface area (Å²) in [6, 6.07) is 4.55. The SMILES string of the molecule is COc1ccc(C(=O)N(CCO)CC(F)F)cc1Br. The Labute approximate surface area is 118 Å². The van der Waals surface area contributed by atoms with Crippen molar-refractivity contribution in [2.24, 2.45) is 0 Å². The standard InChI is InChI=1S/C12H14BrF2NO3/c1-19-10-3-2-8(6-9(10)13)12(18)16(4-5-17)7-11(14)15/h2-3,6,11,17H,4-5,7H2,1H3. The molecule has 1 aromatic carbocycles. The monoisotopic (exact) mass is 337 g/mol. The van der Waals surface area contributed by atoms with Gasteiger partial charge in [0.1, 0.15) is 5.75 Å². The van der Waals surface area contributed by atoms with Gasteiger partial charge in [0.2, 0.25) is 0 Å². The molecule has 7 heteroatoms. The van der Waals surface area contributed by atoms with Crippen molar-refractivity contribution in [1.82, 2.24) is 4.90 Å². The minimum atomic E-state index is -2.64. The van der Waals surface area contributed by atoms with Gasteiger partial charge in [-0.25, -0.2) is 8.78 Å². The Morgan fingerprint density at radius 2 is 2.21 bits per heavy atom. The van der Waals surface area contributed by atoms with Crippen molar-refractivity contribution in [2.45, 2.75) is 6.43 Å². The lowest BCUT2D eigenvalue weighted by Crippen LogP contribution is -2.37. The van der Waals surface area contributed by atoms with Gasteiger partial charge in [-0.05, 0) is 34.1 Å². The number of amides is 1. The van der Waals surface area contributed by atoms with Crippen molar-refractivity contribution in [1.29, 1.82) is 0 Å². The summed E-state index contributed by atoms with van der Waals surface area (Å²) in [4.78, 5) is 13.0. The summed E-state index contributed by atoms with van der Waals surface area (Å²) >= 11 is 3.22. The van der Waals surface area contributed by atoms with Crippen LogP contribution in [0.4, 0.5) is 8.78 Å². The van der Waals surface area contributed by atoms with Crippen LogP contribution in [-0.2, 0) is 0 Å². The second kappa shape index (κ2) is 7.40. The highest BCUT2D eigenvalue weighted by Crippen LogP contribution is 2.26. The number of aliphatic hydroxyl groups excluding tert-OH is 1. The Morgan fingerprint density at radius 1 is 1.53 bits per heavy atom. The molecule has 0 radical (unpaired) electrons. The predicted octanol–water partition coefficient (Wildman–Crippen LogP) is 2.16. The number of methoxy groups -OCH3 is 1. The molecule has 106 valence electrons. The molecule has 0 aliphatic rings.